The Kier molecular flexibility index (Phi) is 6.20. The largest absolute Gasteiger partial charge is 0.467 e. The average Bonchev–Trinajstić information content (AvgIpc) is 2.38. The molecule has 19 heavy (non-hydrogen) atoms. The van der Waals surface area contributed by atoms with Crippen LogP contribution < -0.4 is 20.3 Å². The Morgan fingerprint density at radius 2 is 2.05 bits per heavy atom. The predicted octanol–water partition coefficient (Wildman–Crippen LogP) is 1.03. The first-order chi connectivity index (χ1) is 9.06. The Hall–Kier alpha value is -1.70. The molecule has 7 nitrogen and oxygen atoms in total. The lowest BCUT2D eigenvalue weighted by Gasteiger charge is -2.13. The Morgan fingerprint density at radius 3 is 2.63 bits per heavy atom. The van der Waals surface area contributed by atoms with Crippen molar-refractivity contribution in [3.05, 3.63) is 0 Å². The fourth-order valence-electron chi connectivity index (χ4n) is 1.22. The molecule has 0 aliphatic carbocycles. The minimum absolute atomic E-state index is 0.248. The van der Waals surface area contributed by atoms with Crippen LogP contribution in [0.1, 0.15) is 19.8 Å². The zero-order valence-corrected chi connectivity index (χ0v) is 12.5. The van der Waals surface area contributed by atoms with E-state index in [0.717, 1.165) is 19.4 Å². The number of unbranched alkanes of at least 4 members (excludes halogenated alkanes) is 1. The second-order valence-corrected chi connectivity index (χ2v) is 4.48. The molecule has 0 saturated carbocycles. The number of ether oxygens (including phenoxy) is 1. The van der Waals surface area contributed by atoms with Crippen LogP contribution in [0.5, 0.6) is 6.01 Å². The smallest absolute Gasteiger partial charge is 0.322 e. The van der Waals surface area contributed by atoms with E-state index in [1.54, 1.807) is 4.90 Å². The van der Waals surface area contributed by atoms with E-state index in [1.165, 1.54) is 7.11 Å². The average molecular weight is 284 g/mol. The number of anilines is 2. The Bertz CT molecular complexity index is 426. The van der Waals surface area contributed by atoms with Crippen LogP contribution in [-0.4, -0.2) is 47.8 Å². The van der Waals surface area contributed by atoms with Crippen molar-refractivity contribution < 1.29 is 4.74 Å². The minimum Gasteiger partial charge on any atom is -0.467 e. The molecule has 8 heteroatoms. The molecule has 2 N–H and O–H groups in total. The number of hydrogen-bond donors (Lipinski definition) is 2. The van der Waals surface area contributed by atoms with Crippen LogP contribution in [0, 0.1) is 0 Å². The summed E-state index contributed by atoms with van der Waals surface area (Å²) in [4.78, 5) is 14.2. The molecule has 0 amide bonds. The van der Waals surface area contributed by atoms with Crippen molar-refractivity contribution in [2.45, 2.75) is 19.8 Å². The van der Waals surface area contributed by atoms with E-state index >= 15 is 0 Å². The van der Waals surface area contributed by atoms with E-state index < -0.39 is 0 Å². The highest BCUT2D eigenvalue weighted by Gasteiger charge is 2.09. The summed E-state index contributed by atoms with van der Waals surface area (Å²) in [5.74, 6) is 0.871. The fourth-order valence-corrected chi connectivity index (χ4v) is 1.41. The molecule has 0 spiro atoms. The first kappa shape index (κ1) is 15.4. The quantitative estimate of drug-likeness (QED) is 0.593. The molecule has 1 aromatic rings. The number of aromatic nitrogens is 3. The van der Waals surface area contributed by atoms with Gasteiger partial charge in [-0.1, -0.05) is 13.3 Å². The topological polar surface area (TPSA) is 75.2 Å². The molecule has 0 aliphatic rings. The molecule has 106 valence electrons. The second kappa shape index (κ2) is 7.67. The number of thiocarbonyl (C=S) groups is 1. The lowest BCUT2D eigenvalue weighted by Crippen LogP contribution is -2.30. The van der Waals surface area contributed by atoms with Gasteiger partial charge in [-0.2, -0.15) is 15.0 Å². The van der Waals surface area contributed by atoms with Crippen LogP contribution in [0.25, 0.3) is 0 Å². The molecule has 0 unspecified atom stereocenters. The van der Waals surface area contributed by atoms with E-state index in [0.29, 0.717) is 17.0 Å². The zero-order valence-electron chi connectivity index (χ0n) is 11.7. The van der Waals surface area contributed by atoms with Gasteiger partial charge in [-0.15, -0.1) is 0 Å². The molecule has 1 heterocycles. The van der Waals surface area contributed by atoms with Gasteiger partial charge in [0.2, 0.25) is 11.9 Å². The van der Waals surface area contributed by atoms with E-state index in [2.05, 4.69) is 32.5 Å². The predicted molar refractivity (Wildman–Crippen MR) is 79.8 cm³/mol. The van der Waals surface area contributed by atoms with Gasteiger partial charge in [0.25, 0.3) is 0 Å². The van der Waals surface area contributed by atoms with Gasteiger partial charge >= 0.3 is 6.01 Å². The van der Waals surface area contributed by atoms with Crippen molar-refractivity contribution in [2.75, 3.05) is 38.0 Å². The van der Waals surface area contributed by atoms with Crippen LogP contribution in [-0.2, 0) is 0 Å². The van der Waals surface area contributed by atoms with Crippen LogP contribution in [0.15, 0.2) is 0 Å². The normalized spacial score (nSPS) is 9.89. The third-order valence-corrected chi connectivity index (χ3v) is 2.47. The molecule has 1 aromatic heterocycles. The van der Waals surface area contributed by atoms with Gasteiger partial charge in [-0.05, 0) is 18.6 Å². The van der Waals surface area contributed by atoms with E-state index in [-0.39, 0.29) is 6.01 Å². The van der Waals surface area contributed by atoms with E-state index in [4.69, 9.17) is 17.0 Å². The zero-order chi connectivity index (χ0) is 14.3. The number of nitrogens with one attached hydrogen (secondary N) is 2. The molecule has 0 radical (unpaired) electrons. The van der Waals surface area contributed by atoms with Gasteiger partial charge in [0, 0.05) is 20.6 Å². The third kappa shape index (κ3) is 5.21. The fraction of sp³-hybridized carbons (Fsp3) is 0.636. The maximum absolute atomic E-state index is 5.16. The van der Waals surface area contributed by atoms with E-state index in [9.17, 15) is 0 Å². The molecular formula is C11H20N6OS. The van der Waals surface area contributed by atoms with Crippen LogP contribution in [0.4, 0.5) is 11.9 Å². The molecular weight excluding hydrogens is 264 g/mol. The number of rotatable bonds is 6. The molecule has 0 bridgehead atoms. The van der Waals surface area contributed by atoms with Crippen molar-refractivity contribution in [2.24, 2.45) is 0 Å². The summed E-state index contributed by atoms with van der Waals surface area (Å²) in [6.07, 6.45) is 2.17. The summed E-state index contributed by atoms with van der Waals surface area (Å²) < 4.78 is 5.03. The standard InChI is InChI=1S/C11H20N6OS/c1-5-6-7-12-11(19)15-8-13-9(17(2)3)16-10(14-8)18-4/h5-7H2,1-4H3,(H2,12,13,14,15,16,19). The van der Waals surface area contributed by atoms with Gasteiger partial charge in [-0.25, -0.2) is 0 Å². The van der Waals surface area contributed by atoms with Crippen molar-refractivity contribution in [1.29, 1.82) is 0 Å². The lowest BCUT2D eigenvalue weighted by molar-refractivity contribution is 0.379. The molecule has 0 atom stereocenters. The monoisotopic (exact) mass is 284 g/mol. The Balaban J connectivity index is 2.71. The molecule has 0 aromatic carbocycles. The summed E-state index contributed by atoms with van der Waals surface area (Å²) in [6.45, 7) is 2.95. The first-order valence-electron chi connectivity index (χ1n) is 6.09. The number of nitrogens with zero attached hydrogens (tertiary/aromatic N) is 4. The lowest BCUT2D eigenvalue weighted by atomic mass is 10.3. The molecule has 0 saturated heterocycles. The molecule has 1 rings (SSSR count). The summed E-state index contributed by atoms with van der Waals surface area (Å²) >= 11 is 5.16. The van der Waals surface area contributed by atoms with Crippen molar-refractivity contribution in [3.63, 3.8) is 0 Å². The summed E-state index contributed by atoms with van der Waals surface area (Å²) in [7, 11) is 5.20. The highest BCUT2D eigenvalue weighted by atomic mass is 32.1. The molecule has 0 aliphatic heterocycles. The van der Waals surface area contributed by atoms with Crippen molar-refractivity contribution >= 4 is 29.2 Å². The number of methoxy groups -OCH3 is 1. The van der Waals surface area contributed by atoms with Crippen molar-refractivity contribution in [1.82, 2.24) is 20.3 Å². The summed E-state index contributed by atoms with van der Waals surface area (Å²) in [6, 6.07) is 0.248. The van der Waals surface area contributed by atoms with Crippen molar-refractivity contribution in [3.8, 4) is 6.01 Å². The maximum atomic E-state index is 5.16. The Morgan fingerprint density at radius 1 is 1.32 bits per heavy atom. The summed E-state index contributed by atoms with van der Waals surface area (Å²) in [5, 5.41) is 6.50. The van der Waals surface area contributed by atoms with Gasteiger partial charge in [-0.3, -0.25) is 0 Å². The summed E-state index contributed by atoms with van der Waals surface area (Å²) in [5.41, 5.74) is 0. The highest BCUT2D eigenvalue weighted by Crippen LogP contribution is 2.12. The first-order valence-corrected chi connectivity index (χ1v) is 6.50. The number of hydrogen-bond acceptors (Lipinski definition) is 6. The van der Waals surface area contributed by atoms with Gasteiger partial charge < -0.3 is 20.3 Å². The van der Waals surface area contributed by atoms with Crippen LogP contribution in [0.3, 0.4) is 0 Å². The highest BCUT2D eigenvalue weighted by molar-refractivity contribution is 7.80. The molecule has 0 fully saturated rings. The van der Waals surface area contributed by atoms with Gasteiger partial charge in [0.15, 0.2) is 5.11 Å². The SMILES string of the molecule is CCCCNC(=S)Nc1nc(OC)nc(N(C)C)n1. The third-order valence-electron chi connectivity index (χ3n) is 2.23. The maximum Gasteiger partial charge on any atom is 0.322 e. The van der Waals surface area contributed by atoms with Crippen LogP contribution >= 0.6 is 12.2 Å². The Labute approximate surface area is 118 Å². The van der Waals surface area contributed by atoms with E-state index in [1.807, 2.05) is 14.1 Å². The van der Waals surface area contributed by atoms with Gasteiger partial charge in [0.1, 0.15) is 0 Å². The van der Waals surface area contributed by atoms with Gasteiger partial charge in [0.05, 0.1) is 7.11 Å². The minimum atomic E-state index is 0.248. The van der Waals surface area contributed by atoms with Crippen LogP contribution in [0.2, 0.25) is 0 Å². The second-order valence-electron chi connectivity index (χ2n) is 4.07.